The number of fused-ring (bicyclic) bond motifs is 4. The molecule has 0 radical (unpaired) electrons. The average Bonchev–Trinajstić information content (AvgIpc) is 3.22. The lowest BCUT2D eigenvalue weighted by molar-refractivity contribution is 1.07. The highest BCUT2D eigenvalue weighted by Crippen LogP contribution is 2.33. The highest BCUT2D eigenvalue weighted by molar-refractivity contribution is 5.98. The molecule has 0 aliphatic heterocycles. The second-order valence-electron chi connectivity index (χ2n) is 12.8. The minimum absolute atomic E-state index is 0.538. The van der Waals surface area contributed by atoms with Gasteiger partial charge < -0.3 is 0 Å². The number of aromatic nitrogens is 6. The van der Waals surface area contributed by atoms with Crippen LogP contribution in [0.4, 0.5) is 0 Å². The maximum atomic E-state index is 5.20. The quantitative estimate of drug-likeness (QED) is 0.170. The van der Waals surface area contributed by atoms with Crippen LogP contribution < -0.4 is 0 Å². The van der Waals surface area contributed by atoms with Gasteiger partial charge in [-0.2, -0.15) is 0 Å². The molecule has 0 spiro atoms. The first-order chi connectivity index (χ1) is 25.7. The summed E-state index contributed by atoms with van der Waals surface area (Å²) in [7, 11) is 0. The number of hydrogen-bond donors (Lipinski definition) is 0. The molecule has 242 valence electrons. The lowest BCUT2D eigenvalue weighted by Gasteiger charge is -2.12. The molecule has 0 unspecified atom stereocenters. The SMILES string of the molecule is c1ccc(-c2nc(-c3ccccc3)nc(-c3cc(-c4ccc5cc6ccccc6cc5n4)nc(-c4ccc5cc6ccccc6cc5n4)c3)n2)cc1. The van der Waals surface area contributed by atoms with E-state index in [0.717, 1.165) is 60.7 Å². The molecule has 0 saturated carbocycles. The van der Waals surface area contributed by atoms with Crippen molar-refractivity contribution in [2.75, 3.05) is 0 Å². The Morgan fingerprint density at radius 3 is 1.06 bits per heavy atom. The van der Waals surface area contributed by atoms with Crippen LogP contribution in [0.15, 0.2) is 170 Å². The van der Waals surface area contributed by atoms with E-state index in [0.29, 0.717) is 28.9 Å². The average molecular weight is 665 g/mol. The van der Waals surface area contributed by atoms with Gasteiger partial charge in [0.25, 0.3) is 0 Å². The molecular weight excluding hydrogens is 637 g/mol. The lowest BCUT2D eigenvalue weighted by Crippen LogP contribution is -2.01. The number of nitrogens with zero attached hydrogens (tertiary/aromatic N) is 6. The highest BCUT2D eigenvalue weighted by atomic mass is 15.0. The van der Waals surface area contributed by atoms with Crippen molar-refractivity contribution >= 4 is 43.4 Å². The third-order valence-corrected chi connectivity index (χ3v) is 9.42. The number of hydrogen-bond acceptors (Lipinski definition) is 6. The number of benzene rings is 6. The normalized spacial score (nSPS) is 11.5. The van der Waals surface area contributed by atoms with Crippen LogP contribution in [-0.4, -0.2) is 29.9 Å². The van der Waals surface area contributed by atoms with E-state index in [1.807, 2.05) is 84.9 Å². The van der Waals surface area contributed by atoms with Gasteiger partial charge in [0, 0.05) is 27.5 Å². The molecular formula is C46H28N6. The minimum atomic E-state index is 0.538. The molecule has 0 amide bonds. The summed E-state index contributed by atoms with van der Waals surface area (Å²) in [5.41, 5.74) is 7.30. The summed E-state index contributed by atoms with van der Waals surface area (Å²) in [6.45, 7) is 0. The summed E-state index contributed by atoms with van der Waals surface area (Å²) in [5, 5.41) is 6.78. The third kappa shape index (κ3) is 5.49. The Hall–Kier alpha value is -7.18. The molecule has 10 aromatic rings. The van der Waals surface area contributed by atoms with Gasteiger partial charge in [-0.25, -0.2) is 29.9 Å². The molecule has 52 heavy (non-hydrogen) atoms. The maximum Gasteiger partial charge on any atom is 0.164 e. The Bertz CT molecular complexity index is 2770. The van der Waals surface area contributed by atoms with Gasteiger partial charge in [0.2, 0.25) is 0 Å². The lowest BCUT2D eigenvalue weighted by atomic mass is 10.0. The second kappa shape index (κ2) is 12.3. The van der Waals surface area contributed by atoms with Gasteiger partial charge in [0.1, 0.15) is 0 Å². The Morgan fingerprint density at radius 1 is 0.231 bits per heavy atom. The van der Waals surface area contributed by atoms with E-state index in [-0.39, 0.29) is 0 Å². The fourth-order valence-electron chi connectivity index (χ4n) is 6.77. The van der Waals surface area contributed by atoms with Gasteiger partial charge >= 0.3 is 0 Å². The number of rotatable bonds is 5. The van der Waals surface area contributed by atoms with Crippen molar-refractivity contribution in [3.8, 4) is 56.9 Å². The summed E-state index contributed by atoms with van der Waals surface area (Å²) >= 11 is 0. The molecule has 0 aliphatic rings. The van der Waals surface area contributed by atoms with E-state index in [1.54, 1.807) is 0 Å². The van der Waals surface area contributed by atoms with Gasteiger partial charge in [-0.05, 0) is 70.1 Å². The first-order valence-corrected chi connectivity index (χ1v) is 17.2. The topological polar surface area (TPSA) is 77.3 Å². The molecule has 0 bridgehead atoms. The van der Waals surface area contributed by atoms with Crippen LogP contribution in [-0.2, 0) is 0 Å². The largest absolute Gasteiger partial charge is 0.246 e. The van der Waals surface area contributed by atoms with Crippen LogP contribution in [0.25, 0.3) is 100 Å². The van der Waals surface area contributed by atoms with E-state index >= 15 is 0 Å². The molecule has 4 aromatic heterocycles. The van der Waals surface area contributed by atoms with Gasteiger partial charge in [-0.15, -0.1) is 0 Å². The molecule has 0 atom stereocenters. The fraction of sp³-hybridized carbons (Fsp3) is 0. The zero-order valence-electron chi connectivity index (χ0n) is 27.8. The van der Waals surface area contributed by atoms with Gasteiger partial charge in [0.05, 0.1) is 33.8 Å². The molecule has 4 heterocycles. The molecule has 0 N–H and O–H groups in total. The van der Waals surface area contributed by atoms with Crippen molar-refractivity contribution in [3.05, 3.63) is 170 Å². The summed E-state index contributed by atoms with van der Waals surface area (Å²) in [4.78, 5) is 30.5. The van der Waals surface area contributed by atoms with Crippen molar-refractivity contribution < 1.29 is 0 Å². The van der Waals surface area contributed by atoms with Crippen molar-refractivity contribution in [2.24, 2.45) is 0 Å². The van der Waals surface area contributed by atoms with Gasteiger partial charge in [-0.1, -0.05) is 121 Å². The van der Waals surface area contributed by atoms with Gasteiger partial charge in [0.15, 0.2) is 17.5 Å². The third-order valence-electron chi connectivity index (χ3n) is 9.42. The van der Waals surface area contributed by atoms with Crippen molar-refractivity contribution in [3.63, 3.8) is 0 Å². The summed E-state index contributed by atoms with van der Waals surface area (Å²) in [6.07, 6.45) is 0. The summed E-state index contributed by atoms with van der Waals surface area (Å²) < 4.78 is 0. The summed E-state index contributed by atoms with van der Waals surface area (Å²) in [5.74, 6) is 1.72. The zero-order chi connectivity index (χ0) is 34.4. The Labute approximate surface area is 299 Å². The predicted molar refractivity (Wildman–Crippen MR) is 210 cm³/mol. The minimum Gasteiger partial charge on any atom is -0.246 e. The molecule has 6 heteroatoms. The highest BCUT2D eigenvalue weighted by Gasteiger charge is 2.17. The van der Waals surface area contributed by atoms with Crippen LogP contribution in [0.2, 0.25) is 0 Å². The Kier molecular flexibility index (Phi) is 7.03. The van der Waals surface area contributed by atoms with E-state index in [4.69, 9.17) is 29.9 Å². The zero-order valence-corrected chi connectivity index (χ0v) is 27.8. The molecule has 0 fully saturated rings. The fourth-order valence-corrected chi connectivity index (χ4v) is 6.77. The first-order valence-electron chi connectivity index (χ1n) is 17.2. The van der Waals surface area contributed by atoms with E-state index in [9.17, 15) is 0 Å². The second-order valence-corrected chi connectivity index (χ2v) is 12.8. The standard InChI is InChI=1S/C46H28N6/c1-3-11-29(12-4-1)44-50-45(30-13-5-2-6-14-30)52-46(51-44)37-27-42(38-21-19-35-23-31-15-7-9-17-33(31)25-40(35)47-38)49-43(28-37)39-22-20-36-24-32-16-8-10-18-34(32)26-41(36)48-39/h1-28H. The molecule has 6 nitrogen and oxygen atoms in total. The van der Waals surface area contributed by atoms with E-state index in [2.05, 4.69) is 84.9 Å². The van der Waals surface area contributed by atoms with Crippen molar-refractivity contribution in [1.82, 2.24) is 29.9 Å². The van der Waals surface area contributed by atoms with Crippen LogP contribution in [0.3, 0.4) is 0 Å². The van der Waals surface area contributed by atoms with Gasteiger partial charge in [-0.3, -0.25) is 0 Å². The molecule has 0 saturated heterocycles. The first kappa shape index (κ1) is 29.7. The molecule has 0 aliphatic carbocycles. The maximum absolute atomic E-state index is 5.20. The molecule has 10 rings (SSSR count). The van der Waals surface area contributed by atoms with Crippen LogP contribution in [0.1, 0.15) is 0 Å². The predicted octanol–water partition coefficient (Wildman–Crippen LogP) is 11.0. The van der Waals surface area contributed by atoms with Crippen LogP contribution in [0, 0.1) is 0 Å². The van der Waals surface area contributed by atoms with Crippen LogP contribution in [0.5, 0.6) is 0 Å². The van der Waals surface area contributed by atoms with E-state index < -0.39 is 0 Å². The van der Waals surface area contributed by atoms with Crippen molar-refractivity contribution in [2.45, 2.75) is 0 Å². The van der Waals surface area contributed by atoms with Crippen LogP contribution >= 0.6 is 0 Å². The Balaban J connectivity index is 1.19. The smallest absolute Gasteiger partial charge is 0.164 e. The Morgan fingerprint density at radius 2 is 0.615 bits per heavy atom. The number of pyridine rings is 3. The summed E-state index contributed by atoms with van der Waals surface area (Å²) in [6, 6.07) is 57.7. The van der Waals surface area contributed by atoms with E-state index in [1.165, 1.54) is 10.8 Å². The van der Waals surface area contributed by atoms with Crippen molar-refractivity contribution in [1.29, 1.82) is 0 Å². The monoisotopic (exact) mass is 664 g/mol. The molecule has 6 aromatic carbocycles.